The fraction of sp³-hybridized carbons (Fsp3) is 0.368. The van der Waals surface area contributed by atoms with Crippen molar-refractivity contribution in [1.29, 1.82) is 0 Å². The van der Waals surface area contributed by atoms with Gasteiger partial charge in [0.05, 0.1) is 4.88 Å². The maximum Gasteiger partial charge on any atom is 0.261 e. The number of aryl methyl sites for hydroxylation is 2. The van der Waals surface area contributed by atoms with Crippen LogP contribution in [0.4, 0.5) is 0 Å². The van der Waals surface area contributed by atoms with Gasteiger partial charge in [-0.15, -0.1) is 11.3 Å². The van der Waals surface area contributed by atoms with E-state index in [9.17, 15) is 9.59 Å². The third-order valence-electron chi connectivity index (χ3n) is 4.45. The molecule has 3 rings (SSSR count). The Morgan fingerprint density at radius 1 is 1.29 bits per heavy atom. The average molecular weight is 342 g/mol. The number of carbonyl (C=O) groups excluding carboxylic acids is 2. The minimum atomic E-state index is -0.0369. The third kappa shape index (κ3) is 3.85. The molecule has 1 aromatic carbocycles. The number of hydrogen-bond donors (Lipinski definition) is 1. The molecule has 0 aliphatic carbocycles. The van der Waals surface area contributed by atoms with Crippen molar-refractivity contribution >= 4 is 23.2 Å². The summed E-state index contributed by atoms with van der Waals surface area (Å²) in [6, 6.07) is 11.9. The SMILES string of the molecule is Cc1cc(C(=O)NC[C@H]2CC(=O)N(Cc3ccccc3)C2)sc1C. The number of benzene rings is 1. The van der Waals surface area contributed by atoms with Gasteiger partial charge in [-0.25, -0.2) is 0 Å². The van der Waals surface area contributed by atoms with Crippen LogP contribution >= 0.6 is 11.3 Å². The molecule has 5 heteroatoms. The summed E-state index contributed by atoms with van der Waals surface area (Å²) in [7, 11) is 0. The van der Waals surface area contributed by atoms with Crippen LogP contribution in [0.1, 0.15) is 32.1 Å². The van der Waals surface area contributed by atoms with Gasteiger partial charge in [-0.1, -0.05) is 30.3 Å². The third-order valence-corrected chi connectivity index (χ3v) is 5.60. The molecule has 1 aliphatic heterocycles. The molecule has 0 unspecified atom stereocenters. The van der Waals surface area contributed by atoms with Gasteiger partial charge in [-0.2, -0.15) is 0 Å². The highest BCUT2D eigenvalue weighted by Crippen LogP contribution is 2.22. The number of nitrogens with zero attached hydrogens (tertiary/aromatic N) is 1. The van der Waals surface area contributed by atoms with Crippen LogP contribution in [0.15, 0.2) is 36.4 Å². The first kappa shape index (κ1) is 16.7. The molecule has 0 bridgehead atoms. The molecular formula is C19H22N2O2S. The van der Waals surface area contributed by atoms with E-state index in [4.69, 9.17) is 0 Å². The van der Waals surface area contributed by atoms with E-state index in [2.05, 4.69) is 5.32 Å². The number of nitrogens with one attached hydrogen (secondary N) is 1. The first-order valence-electron chi connectivity index (χ1n) is 8.20. The lowest BCUT2D eigenvalue weighted by Crippen LogP contribution is -2.30. The molecule has 1 atom stereocenters. The van der Waals surface area contributed by atoms with Crippen LogP contribution in [0.3, 0.4) is 0 Å². The van der Waals surface area contributed by atoms with Gasteiger partial charge in [0, 0.05) is 36.9 Å². The van der Waals surface area contributed by atoms with Crippen LogP contribution in [0.25, 0.3) is 0 Å². The Morgan fingerprint density at radius 3 is 2.71 bits per heavy atom. The van der Waals surface area contributed by atoms with Gasteiger partial charge < -0.3 is 10.2 Å². The van der Waals surface area contributed by atoms with Gasteiger partial charge in [-0.05, 0) is 31.0 Å². The zero-order valence-electron chi connectivity index (χ0n) is 14.0. The topological polar surface area (TPSA) is 49.4 Å². The van der Waals surface area contributed by atoms with Crippen LogP contribution in [0.2, 0.25) is 0 Å². The number of amides is 2. The van der Waals surface area contributed by atoms with Crippen LogP contribution in [0.5, 0.6) is 0 Å². The Hall–Kier alpha value is -2.14. The smallest absolute Gasteiger partial charge is 0.261 e. The number of carbonyl (C=O) groups is 2. The van der Waals surface area contributed by atoms with Gasteiger partial charge in [0.25, 0.3) is 5.91 Å². The summed E-state index contributed by atoms with van der Waals surface area (Å²) < 4.78 is 0. The van der Waals surface area contributed by atoms with Crippen LogP contribution in [-0.4, -0.2) is 29.8 Å². The fourth-order valence-corrected chi connectivity index (χ4v) is 3.91. The molecular weight excluding hydrogens is 320 g/mol. The molecule has 1 fully saturated rings. The number of likely N-dealkylation sites (tertiary alicyclic amines) is 1. The normalized spacial score (nSPS) is 17.3. The van der Waals surface area contributed by atoms with Gasteiger partial charge in [0.2, 0.25) is 5.91 Å². The maximum absolute atomic E-state index is 12.2. The van der Waals surface area contributed by atoms with Crippen molar-refractivity contribution in [2.24, 2.45) is 5.92 Å². The molecule has 2 amide bonds. The highest BCUT2D eigenvalue weighted by atomic mass is 32.1. The Bertz CT molecular complexity index is 720. The molecule has 1 N–H and O–H groups in total. The van der Waals surface area contributed by atoms with Gasteiger partial charge >= 0.3 is 0 Å². The first-order valence-corrected chi connectivity index (χ1v) is 9.01. The number of thiophene rings is 1. The summed E-state index contributed by atoms with van der Waals surface area (Å²) >= 11 is 1.52. The van der Waals surface area contributed by atoms with Gasteiger partial charge in [0.1, 0.15) is 0 Å². The first-order chi connectivity index (χ1) is 11.5. The molecule has 2 aromatic rings. The Balaban J connectivity index is 1.52. The van der Waals surface area contributed by atoms with E-state index in [1.807, 2.05) is 55.1 Å². The molecule has 0 spiro atoms. The van der Waals surface area contributed by atoms with Crippen molar-refractivity contribution < 1.29 is 9.59 Å². The highest BCUT2D eigenvalue weighted by Gasteiger charge is 2.29. The number of rotatable bonds is 5. The largest absolute Gasteiger partial charge is 0.351 e. The van der Waals surface area contributed by atoms with Crippen LogP contribution in [0, 0.1) is 19.8 Å². The van der Waals surface area contributed by atoms with E-state index < -0.39 is 0 Å². The lowest BCUT2D eigenvalue weighted by Gasteiger charge is -2.17. The molecule has 24 heavy (non-hydrogen) atoms. The predicted octanol–water partition coefficient (Wildman–Crippen LogP) is 3.14. The monoisotopic (exact) mass is 342 g/mol. The zero-order valence-corrected chi connectivity index (χ0v) is 14.9. The quantitative estimate of drug-likeness (QED) is 0.907. The average Bonchev–Trinajstić information content (AvgIpc) is 3.09. The molecule has 0 saturated carbocycles. The van der Waals surface area contributed by atoms with Crippen molar-refractivity contribution in [3.8, 4) is 0 Å². The van der Waals surface area contributed by atoms with Crippen molar-refractivity contribution in [3.05, 3.63) is 57.3 Å². The maximum atomic E-state index is 12.2. The van der Waals surface area contributed by atoms with Crippen molar-refractivity contribution in [2.75, 3.05) is 13.1 Å². The molecule has 1 aromatic heterocycles. The van der Waals surface area contributed by atoms with Crippen LogP contribution < -0.4 is 5.32 Å². The van der Waals surface area contributed by atoms with Crippen molar-refractivity contribution in [1.82, 2.24) is 10.2 Å². The van der Waals surface area contributed by atoms with Gasteiger partial charge in [-0.3, -0.25) is 9.59 Å². The van der Waals surface area contributed by atoms with Crippen LogP contribution in [-0.2, 0) is 11.3 Å². The van der Waals surface area contributed by atoms with E-state index in [0.29, 0.717) is 26.1 Å². The highest BCUT2D eigenvalue weighted by molar-refractivity contribution is 7.14. The van der Waals surface area contributed by atoms with E-state index in [0.717, 1.165) is 16.0 Å². The molecule has 0 radical (unpaired) electrons. The summed E-state index contributed by atoms with van der Waals surface area (Å²) in [5.74, 6) is 0.318. The Kier molecular flexibility index (Phi) is 5.00. The molecule has 1 aliphatic rings. The van der Waals surface area contributed by atoms with Crippen molar-refractivity contribution in [2.45, 2.75) is 26.8 Å². The standard InChI is InChI=1S/C19H22N2O2S/c1-13-8-17(24-14(13)2)19(23)20-10-16-9-18(22)21(12-16)11-15-6-4-3-5-7-15/h3-8,16H,9-12H2,1-2H3,(H,20,23)/t16-/m1/s1. The summed E-state index contributed by atoms with van der Waals surface area (Å²) in [5.41, 5.74) is 2.29. The predicted molar refractivity (Wildman–Crippen MR) is 96.1 cm³/mol. The number of hydrogen-bond acceptors (Lipinski definition) is 3. The van der Waals surface area contributed by atoms with Crippen molar-refractivity contribution in [3.63, 3.8) is 0 Å². The second-order valence-corrected chi connectivity index (χ2v) is 7.65. The zero-order chi connectivity index (χ0) is 17.1. The summed E-state index contributed by atoms with van der Waals surface area (Å²) in [6.07, 6.45) is 0.510. The van der Waals surface area contributed by atoms with E-state index in [1.165, 1.54) is 16.2 Å². The molecule has 126 valence electrons. The lowest BCUT2D eigenvalue weighted by atomic mass is 10.1. The minimum Gasteiger partial charge on any atom is -0.351 e. The van der Waals surface area contributed by atoms with E-state index in [-0.39, 0.29) is 17.7 Å². The second-order valence-electron chi connectivity index (χ2n) is 6.39. The Morgan fingerprint density at radius 2 is 2.04 bits per heavy atom. The fourth-order valence-electron chi connectivity index (χ4n) is 2.96. The second kappa shape index (κ2) is 7.18. The lowest BCUT2D eigenvalue weighted by molar-refractivity contribution is -0.128. The Labute approximate surface area is 146 Å². The summed E-state index contributed by atoms with van der Waals surface area (Å²) in [5, 5.41) is 2.98. The van der Waals surface area contributed by atoms with Gasteiger partial charge in [0.15, 0.2) is 0 Å². The van der Waals surface area contributed by atoms with E-state index in [1.54, 1.807) is 0 Å². The molecule has 4 nitrogen and oxygen atoms in total. The minimum absolute atomic E-state index is 0.0369. The summed E-state index contributed by atoms with van der Waals surface area (Å²) in [4.78, 5) is 28.2. The molecule has 2 heterocycles. The summed E-state index contributed by atoms with van der Waals surface area (Å²) in [6.45, 7) is 5.93. The van der Waals surface area contributed by atoms with E-state index >= 15 is 0 Å². The molecule has 1 saturated heterocycles.